The van der Waals surface area contributed by atoms with Gasteiger partial charge in [0.05, 0.1) is 21.7 Å². The Hall–Kier alpha value is -3.11. The molecule has 4 rings (SSSR count). The molecule has 0 spiro atoms. The monoisotopic (exact) mass is 361 g/mol. The SMILES string of the molecule is Cc1nc2cc(C(=O)Nc3ccccc3Cl)ccc2n1-c1ccccc1. The second-order valence-electron chi connectivity index (χ2n) is 5.97. The van der Waals surface area contributed by atoms with E-state index in [0.717, 1.165) is 22.5 Å². The van der Waals surface area contributed by atoms with Crippen LogP contribution in [0.25, 0.3) is 16.7 Å². The number of rotatable bonds is 3. The zero-order valence-corrected chi connectivity index (χ0v) is 14.9. The number of hydrogen-bond acceptors (Lipinski definition) is 2. The molecule has 4 aromatic rings. The van der Waals surface area contributed by atoms with Crippen molar-refractivity contribution in [1.82, 2.24) is 9.55 Å². The number of aryl methyl sites for hydroxylation is 1. The summed E-state index contributed by atoms with van der Waals surface area (Å²) < 4.78 is 2.07. The van der Waals surface area contributed by atoms with Crippen LogP contribution >= 0.6 is 11.6 Å². The van der Waals surface area contributed by atoms with E-state index in [4.69, 9.17) is 11.6 Å². The first kappa shape index (κ1) is 16.4. The van der Waals surface area contributed by atoms with Gasteiger partial charge in [-0.05, 0) is 49.4 Å². The van der Waals surface area contributed by atoms with E-state index in [-0.39, 0.29) is 5.91 Å². The van der Waals surface area contributed by atoms with Crippen molar-refractivity contribution in [3.63, 3.8) is 0 Å². The predicted octanol–water partition coefficient (Wildman–Crippen LogP) is 5.24. The zero-order chi connectivity index (χ0) is 18.1. The van der Waals surface area contributed by atoms with E-state index in [1.807, 2.05) is 55.5 Å². The smallest absolute Gasteiger partial charge is 0.255 e. The van der Waals surface area contributed by atoms with E-state index in [2.05, 4.69) is 14.9 Å². The van der Waals surface area contributed by atoms with Crippen molar-refractivity contribution in [3.8, 4) is 5.69 Å². The van der Waals surface area contributed by atoms with Gasteiger partial charge in [0.2, 0.25) is 0 Å². The van der Waals surface area contributed by atoms with Crippen LogP contribution in [0.2, 0.25) is 5.02 Å². The van der Waals surface area contributed by atoms with E-state index in [0.29, 0.717) is 16.3 Å². The number of carbonyl (C=O) groups is 1. The highest BCUT2D eigenvalue weighted by Gasteiger charge is 2.13. The number of para-hydroxylation sites is 2. The van der Waals surface area contributed by atoms with Gasteiger partial charge in [0.25, 0.3) is 5.91 Å². The maximum absolute atomic E-state index is 12.6. The molecule has 26 heavy (non-hydrogen) atoms. The summed E-state index contributed by atoms with van der Waals surface area (Å²) in [5.74, 6) is 0.654. The number of nitrogens with one attached hydrogen (secondary N) is 1. The lowest BCUT2D eigenvalue weighted by molar-refractivity contribution is 0.102. The molecule has 0 atom stereocenters. The molecule has 1 N–H and O–H groups in total. The number of fused-ring (bicyclic) bond motifs is 1. The third-order valence-electron chi connectivity index (χ3n) is 4.22. The molecule has 1 amide bonds. The van der Waals surface area contributed by atoms with E-state index in [9.17, 15) is 4.79 Å². The van der Waals surface area contributed by atoms with Crippen LogP contribution in [0.15, 0.2) is 72.8 Å². The second-order valence-corrected chi connectivity index (χ2v) is 6.37. The lowest BCUT2D eigenvalue weighted by Gasteiger charge is -2.08. The number of anilines is 1. The fourth-order valence-electron chi connectivity index (χ4n) is 3.00. The Labute approximate surface area is 156 Å². The van der Waals surface area contributed by atoms with Crippen LogP contribution in [0.5, 0.6) is 0 Å². The fraction of sp³-hybridized carbons (Fsp3) is 0.0476. The summed E-state index contributed by atoms with van der Waals surface area (Å²) in [6.07, 6.45) is 0. The molecule has 0 saturated heterocycles. The van der Waals surface area contributed by atoms with Crippen LogP contribution < -0.4 is 5.32 Å². The lowest BCUT2D eigenvalue weighted by atomic mass is 10.1. The minimum Gasteiger partial charge on any atom is -0.321 e. The number of benzene rings is 3. The van der Waals surface area contributed by atoms with Crippen LogP contribution in [0.4, 0.5) is 5.69 Å². The first-order chi connectivity index (χ1) is 12.6. The molecule has 1 heterocycles. The topological polar surface area (TPSA) is 46.9 Å². The average molecular weight is 362 g/mol. The molecule has 128 valence electrons. The lowest BCUT2D eigenvalue weighted by Crippen LogP contribution is -2.12. The summed E-state index contributed by atoms with van der Waals surface area (Å²) in [6, 6.07) is 22.7. The van der Waals surface area contributed by atoms with Crippen molar-refractivity contribution in [3.05, 3.63) is 89.2 Å². The Bertz CT molecular complexity index is 1100. The largest absolute Gasteiger partial charge is 0.321 e. The summed E-state index contributed by atoms with van der Waals surface area (Å²) >= 11 is 6.11. The molecule has 1 aromatic heterocycles. The summed E-state index contributed by atoms with van der Waals surface area (Å²) in [6.45, 7) is 1.95. The first-order valence-electron chi connectivity index (χ1n) is 8.24. The number of nitrogens with zero attached hydrogens (tertiary/aromatic N) is 2. The van der Waals surface area contributed by atoms with Gasteiger partial charge in [-0.2, -0.15) is 0 Å². The third-order valence-corrected chi connectivity index (χ3v) is 4.55. The van der Waals surface area contributed by atoms with Crippen molar-refractivity contribution in [2.75, 3.05) is 5.32 Å². The highest BCUT2D eigenvalue weighted by Crippen LogP contribution is 2.24. The Morgan fingerprint density at radius 3 is 2.50 bits per heavy atom. The number of carbonyl (C=O) groups excluding carboxylic acids is 1. The standard InChI is InChI=1S/C21H16ClN3O/c1-14-23-19-13-15(21(26)24-18-10-6-5-9-17(18)22)11-12-20(19)25(14)16-7-3-2-4-8-16/h2-13H,1H3,(H,24,26). The van der Waals surface area contributed by atoms with Crippen molar-refractivity contribution in [1.29, 1.82) is 0 Å². The molecular formula is C21H16ClN3O. The summed E-state index contributed by atoms with van der Waals surface area (Å²) in [5.41, 5.74) is 3.90. The molecule has 5 heteroatoms. The van der Waals surface area contributed by atoms with Gasteiger partial charge >= 0.3 is 0 Å². The van der Waals surface area contributed by atoms with Gasteiger partial charge < -0.3 is 5.32 Å². The van der Waals surface area contributed by atoms with E-state index in [1.165, 1.54) is 0 Å². The van der Waals surface area contributed by atoms with Crippen LogP contribution in [-0.2, 0) is 0 Å². The first-order valence-corrected chi connectivity index (χ1v) is 8.62. The van der Waals surface area contributed by atoms with Gasteiger partial charge in [-0.25, -0.2) is 4.98 Å². The van der Waals surface area contributed by atoms with Crippen molar-refractivity contribution >= 4 is 34.2 Å². The second kappa shape index (κ2) is 6.65. The van der Waals surface area contributed by atoms with E-state index >= 15 is 0 Å². The fourth-order valence-corrected chi connectivity index (χ4v) is 3.18. The molecule has 0 aliphatic rings. The molecule has 4 nitrogen and oxygen atoms in total. The number of halogens is 1. The minimum atomic E-state index is -0.216. The highest BCUT2D eigenvalue weighted by molar-refractivity contribution is 6.33. The molecule has 0 aliphatic heterocycles. The predicted molar refractivity (Wildman–Crippen MR) is 105 cm³/mol. The Kier molecular flexibility index (Phi) is 4.19. The maximum atomic E-state index is 12.6. The molecule has 0 saturated carbocycles. The zero-order valence-electron chi connectivity index (χ0n) is 14.1. The van der Waals surface area contributed by atoms with Crippen molar-refractivity contribution in [2.45, 2.75) is 6.92 Å². The molecule has 0 aliphatic carbocycles. The molecule has 0 radical (unpaired) electrons. The van der Waals surface area contributed by atoms with Crippen molar-refractivity contribution in [2.24, 2.45) is 0 Å². The Morgan fingerprint density at radius 1 is 1.00 bits per heavy atom. The van der Waals surface area contributed by atoms with Crippen LogP contribution in [-0.4, -0.2) is 15.5 Å². The number of amides is 1. The average Bonchev–Trinajstić information content (AvgIpc) is 2.99. The molecule has 3 aromatic carbocycles. The van der Waals surface area contributed by atoms with Gasteiger partial charge in [-0.3, -0.25) is 9.36 Å². The van der Waals surface area contributed by atoms with Gasteiger partial charge in [-0.15, -0.1) is 0 Å². The van der Waals surface area contributed by atoms with Crippen molar-refractivity contribution < 1.29 is 4.79 Å². The number of imidazole rings is 1. The van der Waals surface area contributed by atoms with Crippen LogP contribution in [0.1, 0.15) is 16.2 Å². The van der Waals surface area contributed by atoms with Gasteiger partial charge in [0, 0.05) is 11.3 Å². The molecule has 0 fully saturated rings. The Morgan fingerprint density at radius 2 is 1.73 bits per heavy atom. The van der Waals surface area contributed by atoms with Crippen LogP contribution in [0, 0.1) is 6.92 Å². The quantitative estimate of drug-likeness (QED) is 0.542. The molecule has 0 bridgehead atoms. The van der Waals surface area contributed by atoms with Gasteiger partial charge in [0.15, 0.2) is 0 Å². The summed E-state index contributed by atoms with van der Waals surface area (Å²) in [7, 11) is 0. The molecule has 0 unspecified atom stereocenters. The summed E-state index contributed by atoms with van der Waals surface area (Å²) in [5, 5.41) is 3.34. The summed E-state index contributed by atoms with van der Waals surface area (Å²) in [4.78, 5) is 17.2. The normalized spacial score (nSPS) is 10.8. The minimum absolute atomic E-state index is 0.216. The number of hydrogen-bond donors (Lipinski definition) is 1. The van der Waals surface area contributed by atoms with Crippen LogP contribution in [0.3, 0.4) is 0 Å². The van der Waals surface area contributed by atoms with Gasteiger partial charge in [-0.1, -0.05) is 41.9 Å². The Balaban J connectivity index is 1.71. The molecular weight excluding hydrogens is 346 g/mol. The van der Waals surface area contributed by atoms with E-state index < -0.39 is 0 Å². The number of aromatic nitrogens is 2. The third kappa shape index (κ3) is 2.95. The van der Waals surface area contributed by atoms with Gasteiger partial charge in [0.1, 0.15) is 5.82 Å². The van der Waals surface area contributed by atoms with E-state index in [1.54, 1.807) is 24.3 Å². The maximum Gasteiger partial charge on any atom is 0.255 e. The highest BCUT2D eigenvalue weighted by atomic mass is 35.5.